The molecule has 5 saturated carbocycles. The first kappa shape index (κ1) is 20.6. The molecule has 2 heteroatoms. The number of nitrogens with one attached hydrogen (secondary N) is 1. The Bertz CT molecular complexity index is 776. The third-order valence-electron chi connectivity index (χ3n) is 9.47. The van der Waals surface area contributed by atoms with Crippen LogP contribution in [-0.2, 0) is 10.2 Å². The maximum atomic E-state index is 12.7. The minimum absolute atomic E-state index is 0.316. The molecule has 4 bridgehead atoms. The molecular formula is C28H41NO. The normalized spacial score (nSPS) is 35.5. The topological polar surface area (TPSA) is 29.1 Å². The number of carbonyl (C=O) groups excluding carboxylic acids is 1. The summed E-state index contributed by atoms with van der Waals surface area (Å²) in [5.41, 5.74) is 5.16. The van der Waals surface area contributed by atoms with E-state index in [1.54, 1.807) is 5.56 Å². The van der Waals surface area contributed by atoms with Crippen molar-refractivity contribution < 1.29 is 4.79 Å². The van der Waals surface area contributed by atoms with E-state index in [2.05, 4.69) is 37.4 Å². The minimum atomic E-state index is 0.316. The molecule has 2 nitrogen and oxygen atoms in total. The highest BCUT2D eigenvalue weighted by molar-refractivity contribution is 5.75. The molecule has 1 N–H and O–H groups in total. The Morgan fingerprint density at radius 1 is 1.00 bits per heavy atom. The first-order valence-corrected chi connectivity index (χ1v) is 12.8. The summed E-state index contributed by atoms with van der Waals surface area (Å²) in [6.07, 6.45) is 16.9. The molecule has 0 saturated heterocycles. The second-order valence-corrected chi connectivity index (χ2v) is 11.9. The van der Waals surface area contributed by atoms with Gasteiger partial charge in [0.25, 0.3) is 0 Å². The molecule has 4 atom stereocenters. The Morgan fingerprint density at radius 3 is 2.43 bits per heavy atom. The molecule has 1 amide bonds. The van der Waals surface area contributed by atoms with E-state index in [1.807, 2.05) is 0 Å². The molecule has 164 valence electrons. The maximum Gasteiger partial charge on any atom is 0.220 e. The lowest BCUT2D eigenvalue weighted by molar-refractivity contribution is -0.124. The summed E-state index contributed by atoms with van der Waals surface area (Å²) in [4.78, 5) is 12.7. The molecule has 0 aliphatic heterocycles. The van der Waals surface area contributed by atoms with E-state index in [-0.39, 0.29) is 0 Å². The van der Waals surface area contributed by atoms with Crippen LogP contribution in [0.1, 0.15) is 100 Å². The van der Waals surface area contributed by atoms with Gasteiger partial charge in [0.2, 0.25) is 5.91 Å². The van der Waals surface area contributed by atoms with E-state index in [4.69, 9.17) is 0 Å². The largest absolute Gasteiger partial charge is 0.356 e. The number of carbonyl (C=O) groups is 1. The molecule has 6 rings (SSSR count). The van der Waals surface area contributed by atoms with E-state index >= 15 is 0 Å². The molecule has 1 aromatic rings. The highest BCUT2D eigenvalue weighted by Gasteiger charge is 2.58. The third-order valence-corrected chi connectivity index (χ3v) is 9.47. The number of amides is 1. The molecule has 5 fully saturated rings. The molecule has 0 spiro atoms. The lowest BCUT2D eigenvalue weighted by atomic mass is 9.43. The van der Waals surface area contributed by atoms with Crippen LogP contribution >= 0.6 is 0 Å². The second kappa shape index (κ2) is 7.99. The molecule has 1 aromatic carbocycles. The zero-order chi connectivity index (χ0) is 20.8. The lowest BCUT2D eigenvalue weighted by Gasteiger charge is -2.62. The number of hydrogen-bond acceptors (Lipinski definition) is 1. The van der Waals surface area contributed by atoms with Gasteiger partial charge in [-0.15, -0.1) is 0 Å². The lowest BCUT2D eigenvalue weighted by Crippen LogP contribution is -2.57. The van der Waals surface area contributed by atoms with Crippen LogP contribution in [0, 0.1) is 37.0 Å². The van der Waals surface area contributed by atoms with Crippen molar-refractivity contribution in [3.05, 3.63) is 34.9 Å². The fourth-order valence-electron chi connectivity index (χ4n) is 8.25. The minimum Gasteiger partial charge on any atom is -0.356 e. The van der Waals surface area contributed by atoms with E-state index < -0.39 is 0 Å². The van der Waals surface area contributed by atoms with Crippen LogP contribution in [0.4, 0.5) is 0 Å². The summed E-state index contributed by atoms with van der Waals surface area (Å²) in [5, 5.41) is 3.43. The standard InChI is InChI=1S/C28H41NO/c1-20-8-10-25(12-21(20)2)28-16-23-13-24(17-28)15-27(14-23,18-28)19-29-26(30)11-9-22-6-4-3-5-7-22/h8,10,12,22-24H,3-7,9,11,13-19H2,1-2H3,(H,29,30)/t23-,24+,27?,28?. The van der Waals surface area contributed by atoms with Gasteiger partial charge in [0, 0.05) is 13.0 Å². The molecule has 0 heterocycles. The second-order valence-electron chi connectivity index (χ2n) is 11.9. The van der Waals surface area contributed by atoms with Gasteiger partial charge in [0.05, 0.1) is 0 Å². The SMILES string of the molecule is Cc1ccc(C23C[C@@H]4C[C@@H](CC(CNC(=O)CCC5CCCCC5)(C4)C2)C3)cc1C. The van der Waals surface area contributed by atoms with Crippen LogP contribution in [-0.4, -0.2) is 12.5 Å². The molecule has 2 unspecified atom stereocenters. The van der Waals surface area contributed by atoms with Gasteiger partial charge >= 0.3 is 0 Å². The highest BCUT2D eigenvalue weighted by Crippen LogP contribution is 2.65. The Morgan fingerprint density at radius 2 is 1.73 bits per heavy atom. The van der Waals surface area contributed by atoms with E-state index in [1.165, 1.54) is 81.8 Å². The van der Waals surface area contributed by atoms with Crippen molar-refractivity contribution >= 4 is 5.91 Å². The van der Waals surface area contributed by atoms with Crippen molar-refractivity contribution in [1.29, 1.82) is 0 Å². The third kappa shape index (κ3) is 3.96. The fourth-order valence-corrected chi connectivity index (χ4v) is 8.25. The number of rotatable bonds is 6. The van der Waals surface area contributed by atoms with Crippen molar-refractivity contribution in [3.63, 3.8) is 0 Å². The predicted molar refractivity (Wildman–Crippen MR) is 124 cm³/mol. The van der Waals surface area contributed by atoms with Crippen LogP contribution in [0.5, 0.6) is 0 Å². The molecule has 30 heavy (non-hydrogen) atoms. The number of aryl methyl sites for hydroxylation is 2. The van der Waals surface area contributed by atoms with Crippen molar-refractivity contribution in [1.82, 2.24) is 5.32 Å². The summed E-state index contributed by atoms with van der Waals surface area (Å²) in [6, 6.07) is 7.24. The van der Waals surface area contributed by atoms with Crippen LogP contribution < -0.4 is 5.32 Å². The fraction of sp³-hybridized carbons (Fsp3) is 0.750. The molecule has 0 aromatic heterocycles. The quantitative estimate of drug-likeness (QED) is 0.564. The number of benzene rings is 1. The average molecular weight is 408 g/mol. The van der Waals surface area contributed by atoms with Crippen molar-refractivity contribution in [2.24, 2.45) is 23.2 Å². The maximum absolute atomic E-state index is 12.7. The van der Waals surface area contributed by atoms with Crippen LogP contribution in [0.2, 0.25) is 0 Å². The average Bonchev–Trinajstić information content (AvgIpc) is 2.72. The zero-order valence-electron chi connectivity index (χ0n) is 19.3. The van der Waals surface area contributed by atoms with Gasteiger partial charge in [-0.1, -0.05) is 50.3 Å². The van der Waals surface area contributed by atoms with Gasteiger partial charge in [-0.3, -0.25) is 4.79 Å². The highest BCUT2D eigenvalue weighted by atomic mass is 16.1. The van der Waals surface area contributed by atoms with Crippen molar-refractivity contribution in [2.75, 3.05) is 6.54 Å². The summed E-state index contributed by atoms with van der Waals surface area (Å²) in [5.74, 6) is 2.85. The van der Waals surface area contributed by atoms with E-state index in [0.29, 0.717) is 16.7 Å². The van der Waals surface area contributed by atoms with Gasteiger partial charge in [-0.05, 0) is 104 Å². The van der Waals surface area contributed by atoms with Crippen LogP contribution in [0.3, 0.4) is 0 Å². The van der Waals surface area contributed by atoms with Crippen molar-refractivity contribution in [3.8, 4) is 0 Å². The van der Waals surface area contributed by atoms with Crippen LogP contribution in [0.25, 0.3) is 0 Å². The van der Waals surface area contributed by atoms with E-state index in [9.17, 15) is 4.79 Å². The smallest absolute Gasteiger partial charge is 0.220 e. The van der Waals surface area contributed by atoms with Gasteiger partial charge < -0.3 is 5.32 Å². The molecule has 0 radical (unpaired) electrons. The van der Waals surface area contributed by atoms with Gasteiger partial charge in [-0.2, -0.15) is 0 Å². The predicted octanol–water partition coefficient (Wildman–Crippen LogP) is 6.62. The number of hydrogen-bond donors (Lipinski definition) is 1. The Hall–Kier alpha value is -1.31. The zero-order valence-corrected chi connectivity index (χ0v) is 19.3. The Labute approximate surface area is 183 Å². The Kier molecular flexibility index (Phi) is 5.48. The van der Waals surface area contributed by atoms with Crippen molar-refractivity contribution in [2.45, 2.75) is 103 Å². The first-order chi connectivity index (χ1) is 14.5. The first-order valence-electron chi connectivity index (χ1n) is 12.8. The summed E-state index contributed by atoms with van der Waals surface area (Å²) >= 11 is 0. The van der Waals surface area contributed by atoms with Gasteiger partial charge in [0.1, 0.15) is 0 Å². The molecular weight excluding hydrogens is 366 g/mol. The monoisotopic (exact) mass is 407 g/mol. The molecule has 5 aliphatic rings. The summed E-state index contributed by atoms with van der Waals surface area (Å²) < 4.78 is 0. The summed E-state index contributed by atoms with van der Waals surface area (Å²) in [6.45, 7) is 5.42. The van der Waals surface area contributed by atoms with E-state index in [0.717, 1.165) is 37.1 Å². The molecule has 5 aliphatic carbocycles. The van der Waals surface area contributed by atoms with Gasteiger partial charge in [-0.25, -0.2) is 0 Å². The van der Waals surface area contributed by atoms with Crippen LogP contribution in [0.15, 0.2) is 18.2 Å². The Balaban J connectivity index is 1.25. The van der Waals surface area contributed by atoms with Gasteiger partial charge in [0.15, 0.2) is 0 Å². The summed E-state index contributed by atoms with van der Waals surface area (Å²) in [7, 11) is 0.